The predicted molar refractivity (Wildman–Crippen MR) is 434 cm³/mol. The van der Waals surface area contributed by atoms with Crippen molar-refractivity contribution in [1.29, 1.82) is 0 Å². The number of hydrogen-bond acceptors (Lipinski definition) is 23. The van der Waals surface area contributed by atoms with Crippen LogP contribution in [0, 0.1) is 10.1 Å². The molecule has 0 saturated heterocycles. The minimum Gasteiger partial charge on any atom is -0.396 e. The molecule has 9 aromatic rings. The molecule has 1 unspecified atom stereocenters. The summed E-state index contributed by atoms with van der Waals surface area (Å²) in [4.78, 5) is 101. The standard InChI is InChI=1S/C24H29N7OS.C13H22N4.C11H17BrN4.C10H17N3.C8H10BrN3O2.C8H12BrN3/c1-7-16-15(10-27-23(30-16)24(3,4)5)8-21-26-12-20(33-21)14(2)29-22(32)17-9-19-18(11-25-17)28-13-31(19)6;1-7-10-11(15-9-17(5)6)8-14-12(16-10)13(2,3)4;1-11(2,3)10-13-6-8(9(12)15-10)14-7-16(4)5;1-5-8-7(11)6-12-9(13-8)10(2,3)4;1-8(2,3)7-10-4-5(12(13)14)6(9)11-7;1-8(2,3)7-11-4-5(10)6(9)12-7/h9-14H,7-8H2,1-6H3,(H,29,32);8-9H,7H2,1-6H3;6-7H,1-5H3;6H,5,11H2,1-4H3;4H,1-3H3;4H,10H2,1-3H3. The Morgan fingerprint density at radius 3 is 1.43 bits per heavy atom. The molecule has 1 amide bonds. The number of thiazole rings is 1. The van der Waals surface area contributed by atoms with E-state index in [-0.39, 0.29) is 54.7 Å². The van der Waals surface area contributed by atoms with Gasteiger partial charge < -0.3 is 31.2 Å². The van der Waals surface area contributed by atoms with Crippen LogP contribution in [-0.4, -0.2) is 141 Å². The summed E-state index contributed by atoms with van der Waals surface area (Å²) in [6.07, 6.45) is 21.9. The average molecular weight is 1650 g/mol. The minimum atomic E-state index is -0.517. The van der Waals surface area contributed by atoms with Crippen molar-refractivity contribution in [3.05, 3.63) is 159 Å². The van der Waals surface area contributed by atoms with Gasteiger partial charge in [0.05, 0.1) is 94.2 Å². The molecule has 9 heterocycles. The monoisotopic (exact) mass is 1650 g/mol. The van der Waals surface area contributed by atoms with E-state index >= 15 is 0 Å². The number of hydrogen-bond donors (Lipinski definition) is 3. The van der Waals surface area contributed by atoms with Crippen LogP contribution in [0.1, 0.15) is 236 Å². The molecule has 9 rings (SSSR count). The van der Waals surface area contributed by atoms with E-state index < -0.39 is 4.92 Å². The second-order valence-corrected chi connectivity index (χ2v) is 34.5. The number of pyridine rings is 1. The van der Waals surface area contributed by atoms with E-state index in [9.17, 15) is 14.9 Å². The highest BCUT2D eigenvalue weighted by molar-refractivity contribution is 9.11. The van der Waals surface area contributed by atoms with Crippen molar-refractivity contribution in [3.8, 4) is 0 Å². The number of halogens is 3. The summed E-state index contributed by atoms with van der Waals surface area (Å²) in [5.74, 6) is 4.55. The molecule has 0 aromatic carbocycles. The SMILES string of the molecule is CC(C)(C)c1ncc(N)c(Br)n1.CC(C)(C)c1ncc([N+](=O)[O-])c(Br)n1.CCc1nc(C(C)(C)C)ncc1Cc1ncc(C(C)NC(=O)c2cc3c(cn2)ncn3C)s1.CCc1nc(C(C)(C)C)ncc1N.CCc1nc(C(C)(C)C)ncc1N=CN(C)C.CN(C)C=Nc1cnc(C(C)(C)C)nc1Br. The number of aliphatic imine (C=N–C) groups is 2. The zero-order valence-electron chi connectivity index (χ0n) is 66.1. The van der Waals surface area contributed by atoms with Crippen LogP contribution in [0.25, 0.3) is 11.0 Å². The largest absolute Gasteiger partial charge is 0.396 e. The molecule has 0 saturated carbocycles. The molecule has 0 radical (unpaired) electrons. The molecule has 0 aliphatic carbocycles. The fraction of sp³-hybridized carbons (Fsp3) is 0.514. The number of imidazole rings is 1. The van der Waals surface area contributed by atoms with Gasteiger partial charge in [-0.05, 0) is 85.6 Å². The molecule has 1 atom stereocenters. The number of nitrogen functional groups attached to an aromatic ring is 2. The lowest BCUT2D eigenvalue weighted by molar-refractivity contribution is -0.386. The van der Waals surface area contributed by atoms with Crippen LogP contribution < -0.4 is 16.8 Å². The summed E-state index contributed by atoms with van der Waals surface area (Å²) >= 11 is 11.3. The van der Waals surface area contributed by atoms with E-state index in [4.69, 9.17) is 16.5 Å². The van der Waals surface area contributed by atoms with E-state index in [1.807, 2.05) is 103 Å². The number of nitro groups is 1. The number of carbonyl (C=O) groups excluding carboxylic acids is 1. The van der Waals surface area contributed by atoms with Gasteiger partial charge in [-0.1, -0.05) is 145 Å². The highest BCUT2D eigenvalue weighted by atomic mass is 79.9. The number of aryl methyl sites for hydroxylation is 4. The maximum absolute atomic E-state index is 12.8. The lowest BCUT2D eigenvalue weighted by Crippen LogP contribution is -2.26. The molecule has 9 aromatic heterocycles. The van der Waals surface area contributed by atoms with Crippen molar-refractivity contribution in [2.75, 3.05) is 39.7 Å². The molecule has 568 valence electrons. The summed E-state index contributed by atoms with van der Waals surface area (Å²) in [6, 6.07) is 1.58. The van der Waals surface area contributed by atoms with Crippen molar-refractivity contribution in [2.45, 2.75) is 217 Å². The van der Waals surface area contributed by atoms with Crippen molar-refractivity contribution >= 4 is 117 Å². The molecule has 31 heteroatoms. The Balaban J connectivity index is 0.000000280. The number of nitrogens with zero attached hydrogens (tertiary/aromatic N) is 21. The third-order valence-electron chi connectivity index (χ3n) is 14.5. The van der Waals surface area contributed by atoms with Crippen LogP contribution in [0.5, 0.6) is 0 Å². The van der Waals surface area contributed by atoms with Crippen molar-refractivity contribution in [3.63, 3.8) is 0 Å². The number of nitrogens with two attached hydrogens (primary N) is 2. The first kappa shape index (κ1) is 89.0. The minimum absolute atomic E-state index is 0.00236. The fourth-order valence-electron chi connectivity index (χ4n) is 8.46. The summed E-state index contributed by atoms with van der Waals surface area (Å²) in [5, 5.41) is 14.5. The third-order valence-corrected chi connectivity index (χ3v) is 17.5. The smallest absolute Gasteiger partial charge is 0.320 e. The normalized spacial score (nSPS) is 12.1. The first-order valence-corrected chi connectivity index (χ1v) is 37.4. The average Bonchev–Trinajstić information content (AvgIpc) is 1.73. The summed E-state index contributed by atoms with van der Waals surface area (Å²) in [6.45, 7) is 45.5. The van der Waals surface area contributed by atoms with Crippen LogP contribution in [-0.2, 0) is 65.2 Å². The molecule has 27 nitrogen and oxygen atoms in total. The Bertz CT molecular complexity index is 4420. The van der Waals surface area contributed by atoms with E-state index in [0.29, 0.717) is 33.9 Å². The van der Waals surface area contributed by atoms with Crippen LogP contribution in [0.15, 0.2) is 85.8 Å². The molecular formula is C74H107Br3N24O3S. The van der Waals surface area contributed by atoms with Gasteiger partial charge in [-0.3, -0.25) is 14.9 Å². The number of rotatable bonds is 13. The molecule has 105 heavy (non-hydrogen) atoms. The van der Waals surface area contributed by atoms with Gasteiger partial charge in [-0.15, -0.1) is 11.3 Å². The maximum Gasteiger partial charge on any atom is 0.320 e. The first-order valence-electron chi connectivity index (χ1n) is 34.2. The van der Waals surface area contributed by atoms with Crippen LogP contribution in [0.2, 0.25) is 0 Å². The number of nitrogens with one attached hydrogen (secondary N) is 1. The molecular weight excluding hydrogens is 1540 g/mol. The van der Waals surface area contributed by atoms with Crippen LogP contribution in [0.3, 0.4) is 0 Å². The summed E-state index contributed by atoms with van der Waals surface area (Å²) in [5.41, 5.74) is 19.7. The van der Waals surface area contributed by atoms with Gasteiger partial charge in [0.1, 0.15) is 72.9 Å². The first-order chi connectivity index (χ1) is 48.5. The van der Waals surface area contributed by atoms with Gasteiger partial charge in [-0.2, -0.15) is 0 Å². The van der Waals surface area contributed by atoms with Crippen LogP contribution in [0.4, 0.5) is 28.4 Å². The summed E-state index contributed by atoms with van der Waals surface area (Å²) < 4.78 is 3.49. The van der Waals surface area contributed by atoms with E-state index in [0.717, 1.165) is 108 Å². The second-order valence-electron chi connectivity index (χ2n) is 31.1. The molecule has 0 aliphatic heterocycles. The highest BCUT2D eigenvalue weighted by Crippen LogP contribution is 2.31. The summed E-state index contributed by atoms with van der Waals surface area (Å²) in [7, 11) is 9.62. The molecule has 5 N–H and O–H groups in total. The third kappa shape index (κ3) is 28.1. The van der Waals surface area contributed by atoms with Crippen molar-refractivity contribution in [2.24, 2.45) is 17.0 Å². The van der Waals surface area contributed by atoms with Gasteiger partial charge in [0, 0.05) is 97.1 Å². The number of carbonyl (C=O) groups is 1. The topological polar surface area (TPSA) is 354 Å². The lowest BCUT2D eigenvalue weighted by atomic mass is 9.95. The van der Waals surface area contributed by atoms with E-state index in [2.05, 4.69) is 251 Å². The maximum atomic E-state index is 12.8. The fourth-order valence-corrected chi connectivity index (χ4v) is 10.5. The zero-order valence-corrected chi connectivity index (χ0v) is 71.7. The Morgan fingerprint density at radius 2 is 0.971 bits per heavy atom. The van der Waals surface area contributed by atoms with E-state index in [1.54, 1.807) is 61.2 Å². The molecule has 0 fully saturated rings. The van der Waals surface area contributed by atoms with Crippen molar-refractivity contribution < 1.29 is 9.72 Å². The quantitative estimate of drug-likeness (QED) is 0.0317. The zero-order chi connectivity index (χ0) is 79.5. The number of fused-ring (bicyclic) bond motifs is 1. The van der Waals surface area contributed by atoms with E-state index in [1.165, 1.54) is 6.20 Å². The highest BCUT2D eigenvalue weighted by Gasteiger charge is 2.26. The predicted octanol–water partition coefficient (Wildman–Crippen LogP) is 16.0. The molecule has 0 spiro atoms. The lowest BCUT2D eigenvalue weighted by Gasteiger charge is -2.18. The number of anilines is 2. The van der Waals surface area contributed by atoms with Crippen molar-refractivity contribution in [1.82, 2.24) is 94.4 Å². The van der Waals surface area contributed by atoms with Crippen LogP contribution >= 0.6 is 59.1 Å². The second kappa shape index (κ2) is 38.2. The molecule has 0 aliphatic rings. The number of amides is 1. The van der Waals surface area contributed by atoms with Gasteiger partial charge in [0.25, 0.3) is 5.91 Å². The Kier molecular flexibility index (Phi) is 32.4. The van der Waals surface area contributed by atoms with Gasteiger partial charge in [0.2, 0.25) is 0 Å². The number of aromatic nitrogens is 16. The molecule has 0 bridgehead atoms. The van der Waals surface area contributed by atoms with Gasteiger partial charge in [0.15, 0.2) is 4.60 Å². The Labute approximate surface area is 649 Å². The van der Waals surface area contributed by atoms with Gasteiger partial charge in [-0.25, -0.2) is 84.7 Å². The Morgan fingerprint density at radius 1 is 0.552 bits per heavy atom. The Hall–Kier alpha value is -8.42. The van der Waals surface area contributed by atoms with Gasteiger partial charge >= 0.3 is 5.69 Å².